The predicted octanol–water partition coefficient (Wildman–Crippen LogP) is 2.90. The summed E-state index contributed by atoms with van der Waals surface area (Å²) in [5, 5.41) is 2.37. The Labute approximate surface area is 107 Å². The standard InChI is InChI=1S/C14H18NO3/c1-2-3-4-5-9-18-14(17)12-7-6-8-13(10-12)15-11-16/h6-8,10H,2-5,9H2,1H3,(H,15,16). The van der Waals surface area contributed by atoms with Gasteiger partial charge in [0.15, 0.2) is 0 Å². The SMILES string of the molecule is CCCCCCOC(=O)c1cccc(N[C]=O)c1. The third-order valence-corrected chi connectivity index (χ3v) is 2.52. The van der Waals surface area contributed by atoms with Gasteiger partial charge in [-0.15, -0.1) is 0 Å². The third kappa shape index (κ3) is 4.99. The lowest BCUT2D eigenvalue weighted by Crippen LogP contribution is -2.07. The first-order chi connectivity index (χ1) is 8.77. The van der Waals surface area contributed by atoms with Crippen molar-refractivity contribution < 1.29 is 14.3 Å². The van der Waals surface area contributed by atoms with E-state index in [2.05, 4.69) is 12.2 Å². The van der Waals surface area contributed by atoms with Gasteiger partial charge < -0.3 is 10.1 Å². The van der Waals surface area contributed by atoms with Crippen molar-refractivity contribution in [1.82, 2.24) is 0 Å². The minimum Gasteiger partial charge on any atom is -0.462 e. The van der Waals surface area contributed by atoms with E-state index < -0.39 is 0 Å². The molecule has 1 aromatic carbocycles. The summed E-state index contributed by atoms with van der Waals surface area (Å²) in [6.45, 7) is 2.57. The van der Waals surface area contributed by atoms with Crippen LogP contribution in [-0.4, -0.2) is 19.0 Å². The molecule has 0 aliphatic heterocycles. The number of hydrogen-bond acceptors (Lipinski definition) is 3. The molecule has 0 bridgehead atoms. The fourth-order valence-electron chi connectivity index (χ4n) is 1.56. The summed E-state index contributed by atoms with van der Waals surface area (Å²) in [7, 11) is 0. The molecule has 0 aliphatic carbocycles. The second kappa shape index (κ2) is 8.28. The number of unbranched alkanes of at least 4 members (excludes halogenated alkanes) is 3. The summed E-state index contributed by atoms with van der Waals surface area (Å²) in [5.74, 6) is -0.360. The van der Waals surface area contributed by atoms with Crippen LogP contribution in [0.5, 0.6) is 0 Å². The number of rotatable bonds is 8. The first kappa shape index (κ1) is 14.2. The molecule has 1 rings (SSSR count). The Morgan fingerprint density at radius 2 is 2.17 bits per heavy atom. The van der Waals surface area contributed by atoms with E-state index in [0.717, 1.165) is 25.7 Å². The van der Waals surface area contributed by atoms with E-state index in [1.54, 1.807) is 30.7 Å². The van der Waals surface area contributed by atoms with Gasteiger partial charge in [-0.2, -0.15) is 0 Å². The van der Waals surface area contributed by atoms with Gasteiger partial charge in [-0.25, -0.2) is 4.79 Å². The number of esters is 1. The quantitative estimate of drug-likeness (QED) is 0.437. The maximum absolute atomic E-state index is 11.7. The van der Waals surface area contributed by atoms with E-state index >= 15 is 0 Å². The van der Waals surface area contributed by atoms with Crippen LogP contribution in [-0.2, 0) is 9.53 Å². The highest BCUT2D eigenvalue weighted by Crippen LogP contribution is 2.11. The molecule has 0 atom stereocenters. The minimum atomic E-state index is -0.360. The van der Waals surface area contributed by atoms with Crippen molar-refractivity contribution in [3.63, 3.8) is 0 Å². The lowest BCUT2D eigenvalue weighted by atomic mass is 10.2. The van der Waals surface area contributed by atoms with Gasteiger partial charge in [0.05, 0.1) is 12.2 Å². The Morgan fingerprint density at radius 3 is 2.89 bits per heavy atom. The van der Waals surface area contributed by atoms with E-state index in [1.807, 2.05) is 0 Å². The van der Waals surface area contributed by atoms with E-state index in [9.17, 15) is 9.59 Å². The molecule has 1 amide bonds. The van der Waals surface area contributed by atoms with Gasteiger partial charge in [0.25, 0.3) is 0 Å². The van der Waals surface area contributed by atoms with Gasteiger partial charge in [-0.05, 0) is 24.6 Å². The highest BCUT2D eigenvalue weighted by atomic mass is 16.5. The maximum atomic E-state index is 11.7. The van der Waals surface area contributed by atoms with Gasteiger partial charge in [0.2, 0.25) is 0 Å². The highest BCUT2D eigenvalue weighted by molar-refractivity contribution is 5.91. The molecule has 0 spiro atoms. The van der Waals surface area contributed by atoms with Crippen molar-refractivity contribution in [1.29, 1.82) is 0 Å². The fourth-order valence-corrected chi connectivity index (χ4v) is 1.56. The molecule has 0 fully saturated rings. The maximum Gasteiger partial charge on any atom is 0.338 e. The average Bonchev–Trinajstić information content (AvgIpc) is 2.39. The van der Waals surface area contributed by atoms with Crippen LogP contribution in [0.4, 0.5) is 5.69 Å². The van der Waals surface area contributed by atoms with Crippen molar-refractivity contribution in [2.75, 3.05) is 11.9 Å². The van der Waals surface area contributed by atoms with Crippen LogP contribution in [0.25, 0.3) is 0 Å². The lowest BCUT2D eigenvalue weighted by Gasteiger charge is -2.05. The van der Waals surface area contributed by atoms with Crippen molar-refractivity contribution in [3.05, 3.63) is 29.8 Å². The molecule has 0 saturated heterocycles. The first-order valence-corrected chi connectivity index (χ1v) is 6.18. The van der Waals surface area contributed by atoms with Crippen molar-refractivity contribution in [2.24, 2.45) is 0 Å². The van der Waals surface area contributed by atoms with Crippen LogP contribution >= 0.6 is 0 Å². The number of carbonyl (C=O) groups is 1. The molecule has 1 N–H and O–H groups in total. The van der Waals surface area contributed by atoms with Crippen LogP contribution < -0.4 is 5.32 Å². The monoisotopic (exact) mass is 248 g/mol. The number of ether oxygens (including phenoxy) is 1. The van der Waals surface area contributed by atoms with Crippen molar-refractivity contribution in [3.8, 4) is 0 Å². The van der Waals surface area contributed by atoms with Gasteiger partial charge in [-0.1, -0.05) is 32.3 Å². The van der Waals surface area contributed by atoms with Crippen LogP contribution in [0.1, 0.15) is 43.0 Å². The fraction of sp³-hybridized carbons (Fsp3) is 0.429. The summed E-state index contributed by atoms with van der Waals surface area (Å²) >= 11 is 0. The molecule has 0 unspecified atom stereocenters. The molecular weight excluding hydrogens is 230 g/mol. The Morgan fingerprint density at radius 1 is 1.33 bits per heavy atom. The zero-order valence-corrected chi connectivity index (χ0v) is 10.6. The number of anilines is 1. The van der Waals surface area contributed by atoms with Gasteiger partial charge in [-0.3, -0.25) is 4.79 Å². The summed E-state index contributed by atoms with van der Waals surface area (Å²) in [5.41, 5.74) is 0.969. The highest BCUT2D eigenvalue weighted by Gasteiger charge is 2.07. The predicted molar refractivity (Wildman–Crippen MR) is 70.2 cm³/mol. The molecule has 0 aromatic heterocycles. The molecule has 18 heavy (non-hydrogen) atoms. The molecule has 0 heterocycles. The Kier molecular flexibility index (Phi) is 6.54. The Bertz CT molecular complexity index is 390. The second-order valence-electron chi connectivity index (χ2n) is 4.00. The summed E-state index contributed by atoms with van der Waals surface area (Å²) in [6.07, 6.45) is 5.84. The number of hydrogen-bond donors (Lipinski definition) is 1. The summed E-state index contributed by atoms with van der Waals surface area (Å²) in [4.78, 5) is 21.9. The van der Waals surface area contributed by atoms with Crippen LogP contribution in [0, 0.1) is 0 Å². The molecular formula is C14H18NO3. The number of carbonyl (C=O) groups excluding carboxylic acids is 2. The van der Waals surface area contributed by atoms with Crippen molar-refractivity contribution >= 4 is 18.1 Å². The third-order valence-electron chi connectivity index (χ3n) is 2.52. The van der Waals surface area contributed by atoms with Crippen molar-refractivity contribution in [2.45, 2.75) is 32.6 Å². The first-order valence-electron chi connectivity index (χ1n) is 6.18. The largest absolute Gasteiger partial charge is 0.462 e. The molecule has 0 saturated carbocycles. The molecule has 1 radical (unpaired) electrons. The van der Waals surface area contributed by atoms with E-state index in [4.69, 9.17) is 4.74 Å². The molecule has 0 aliphatic rings. The van der Waals surface area contributed by atoms with Crippen LogP contribution in [0.2, 0.25) is 0 Å². The number of nitrogens with one attached hydrogen (secondary N) is 1. The molecule has 4 heteroatoms. The average molecular weight is 248 g/mol. The molecule has 4 nitrogen and oxygen atoms in total. The Balaban J connectivity index is 2.41. The molecule has 97 valence electrons. The number of benzene rings is 1. The van der Waals surface area contributed by atoms with E-state index in [1.165, 1.54) is 0 Å². The van der Waals surface area contributed by atoms with Gasteiger partial charge in [0.1, 0.15) is 0 Å². The van der Waals surface area contributed by atoms with E-state index in [0.29, 0.717) is 17.9 Å². The summed E-state index contributed by atoms with van der Waals surface area (Å²) < 4.78 is 5.14. The zero-order valence-electron chi connectivity index (χ0n) is 10.6. The van der Waals surface area contributed by atoms with Gasteiger partial charge in [0, 0.05) is 5.69 Å². The van der Waals surface area contributed by atoms with Crippen LogP contribution in [0.15, 0.2) is 24.3 Å². The number of amides is 1. The lowest BCUT2D eigenvalue weighted by molar-refractivity contribution is 0.0498. The minimum absolute atomic E-state index is 0.360. The Hall–Kier alpha value is -1.84. The zero-order chi connectivity index (χ0) is 13.2. The topological polar surface area (TPSA) is 55.4 Å². The molecule has 1 aromatic rings. The van der Waals surface area contributed by atoms with Crippen LogP contribution in [0.3, 0.4) is 0 Å². The second-order valence-corrected chi connectivity index (χ2v) is 4.00. The normalized spacial score (nSPS) is 9.83. The smallest absolute Gasteiger partial charge is 0.338 e. The van der Waals surface area contributed by atoms with E-state index in [-0.39, 0.29) is 5.97 Å². The summed E-state index contributed by atoms with van der Waals surface area (Å²) in [6, 6.07) is 6.60. The van der Waals surface area contributed by atoms with Gasteiger partial charge >= 0.3 is 12.4 Å².